The monoisotopic (exact) mass is 292 g/mol. The number of carbonyl (C=O) groups is 2. The average molecular weight is 292 g/mol. The Labute approximate surface area is 125 Å². The molecule has 2 amide bonds. The van der Waals surface area contributed by atoms with Crippen molar-refractivity contribution in [2.75, 3.05) is 7.05 Å². The van der Waals surface area contributed by atoms with Gasteiger partial charge in [-0.25, -0.2) is 0 Å². The van der Waals surface area contributed by atoms with Crippen LogP contribution in [0.4, 0.5) is 0 Å². The zero-order valence-electron chi connectivity index (χ0n) is 13.0. The predicted octanol–water partition coefficient (Wildman–Crippen LogP) is 2.44. The van der Waals surface area contributed by atoms with Crippen LogP contribution in [-0.4, -0.2) is 35.8 Å². The summed E-state index contributed by atoms with van der Waals surface area (Å²) in [7, 11) is 1.84. The highest BCUT2D eigenvalue weighted by Gasteiger charge is 2.28. The molecule has 0 saturated heterocycles. The number of nitrogens with zero attached hydrogens (tertiary/aromatic N) is 1. The molecule has 0 aromatic carbocycles. The van der Waals surface area contributed by atoms with Gasteiger partial charge < -0.3 is 14.6 Å². The van der Waals surface area contributed by atoms with E-state index in [4.69, 9.17) is 4.42 Å². The van der Waals surface area contributed by atoms with E-state index in [1.54, 1.807) is 17.9 Å². The minimum Gasteiger partial charge on any atom is -0.472 e. The van der Waals surface area contributed by atoms with Crippen molar-refractivity contribution in [1.29, 1.82) is 0 Å². The predicted molar refractivity (Wildman–Crippen MR) is 79.8 cm³/mol. The summed E-state index contributed by atoms with van der Waals surface area (Å²) in [5, 5.41) is 2.72. The fourth-order valence-corrected chi connectivity index (χ4v) is 2.85. The van der Waals surface area contributed by atoms with E-state index in [9.17, 15) is 9.59 Å². The lowest BCUT2D eigenvalue weighted by molar-refractivity contribution is -0.134. The van der Waals surface area contributed by atoms with Gasteiger partial charge in [0.1, 0.15) is 12.3 Å². The zero-order chi connectivity index (χ0) is 15.4. The van der Waals surface area contributed by atoms with E-state index in [1.165, 1.54) is 12.5 Å². The lowest BCUT2D eigenvalue weighted by Gasteiger charge is -2.35. The molecule has 5 heteroatoms. The molecule has 21 heavy (non-hydrogen) atoms. The van der Waals surface area contributed by atoms with Crippen LogP contribution < -0.4 is 5.32 Å². The normalized spacial score (nSPS) is 23.4. The smallest absolute Gasteiger partial charge is 0.255 e. The van der Waals surface area contributed by atoms with Crippen LogP contribution in [-0.2, 0) is 4.79 Å². The van der Waals surface area contributed by atoms with E-state index in [2.05, 4.69) is 12.2 Å². The molecule has 0 bridgehead atoms. The first-order valence-electron chi connectivity index (χ1n) is 7.58. The number of furan rings is 1. The molecular formula is C16H24N2O3. The van der Waals surface area contributed by atoms with E-state index < -0.39 is 6.04 Å². The highest BCUT2D eigenvalue weighted by atomic mass is 16.3. The number of hydrogen-bond donors (Lipinski definition) is 1. The number of likely N-dealkylation sites (N-methyl/N-ethyl adjacent to an activating group) is 1. The Kier molecular flexibility index (Phi) is 5.04. The van der Waals surface area contributed by atoms with Crippen molar-refractivity contribution in [3.63, 3.8) is 0 Å². The van der Waals surface area contributed by atoms with Crippen molar-refractivity contribution >= 4 is 11.8 Å². The summed E-state index contributed by atoms with van der Waals surface area (Å²) in [5.41, 5.74) is 0.434. The van der Waals surface area contributed by atoms with Gasteiger partial charge in [0.2, 0.25) is 5.91 Å². The van der Waals surface area contributed by atoms with Crippen LogP contribution in [0.5, 0.6) is 0 Å². The summed E-state index contributed by atoms with van der Waals surface area (Å²) < 4.78 is 4.87. The lowest BCUT2D eigenvalue weighted by Crippen LogP contribution is -2.49. The summed E-state index contributed by atoms with van der Waals surface area (Å²) in [6.45, 7) is 3.98. The molecule has 1 aromatic heterocycles. The van der Waals surface area contributed by atoms with Crippen LogP contribution in [0.25, 0.3) is 0 Å². The van der Waals surface area contributed by atoms with Gasteiger partial charge in [-0.05, 0) is 44.6 Å². The highest BCUT2D eigenvalue weighted by Crippen LogP contribution is 2.26. The molecule has 2 rings (SSSR count). The average Bonchev–Trinajstić information content (AvgIpc) is 3.00. The molecule has 0 spiro atoms. The molecule has 1 unspecified atom stereocenters. The van der Waals surface area contributed by atoms with E-state index in [-0.39, 0.29) is 11.8 Å². The first-order chi connectivity index (χ1) is 9.99. The van der Waals surface area contributed by atoms with Gasteiger partial charge in [0.15, 0.2) is 0 Å². The maximum atomic E-state index is 12.4. The standard InChI is InChI=1S/C16H24N2O3/c1-11-4-6-14(7-5-11)18(3)16(20)12(2)17-15(19)13-8-9-21-10-13/h8-12,14H,4-7H2,1-3H3,(H,17,19). The van der Waals surface area contributed by atoms with Gasteiger partial charge in [-0.2, -0.15) is 0 Å². The topological polar surface area (TPSA) is 62.6 Å². The third-order valence-corrected chi connectivity index (χ3v) is 4.38. The summed E-state index contributed by atoms with van der Waals surface area (Å²) in [6, 6.07) is 1.34. The summed E-state index contributed by atoms with van der Waals surface area (Å²) in [6.07, 6.45) is 7.24. The second-order valence-electron chi connectivity index (χ2n) is 6.07. The maximum Gasteiger partial charge on any atom is 0.255 e. The Morgan fingerprint density at radius 3 is 2.57 bits per heavy atom. The van der Waals surface area contributed by atoms with Crippen LogP contribution in [0.1, 0.15) is 49.9 Å². The van der Waals surface area contributed by atoms with Gasteiger partial charge in [0.25, 0.3) is 5.91 Å². The number of nitrogens with one attached hydrogen (secondary N) is 1. The first-order valence-corrected chi connectivity index (χ1v) is 7.58. The first kappa shape index (κ1) is 15.6. The Morgan fingerprint density at radius 2 is 2.00 bits per heavy atom. The van der Waals surface area contributed by atoms with Crippen molar-refractivity contribution in [3.05, 3.63) is 24.2 Å². The molecule has 0 aliphatic heterocycles. The van der Waals surface area contributed by atoms with Crippen LogP contribution >= 0.6 is 0 Å². The van der Waals surface area contributed by atoms with Crippen molar-refractivity contribution in [1.82, 2.24) is 10.2 Å². The highest BCUT2D eigenvalue weighted by molar-refractivity contribution is 5.97. The second kappa shape index (κ2) is 6.78. The van der Waals surface area contributed by atoms with Gasteiger partial charge in [0.05, 0.1) is 11.8 Å². The molecule has 1 heterocycles. The van der Waals surface area contributed by atoms with Crippen molar-refractivity contribution in [3.8, 4) is 0 Å². The Hall–Kier alpha value is -1.78. The minimum absolute atomic E-state index is 0.0357. The van der Waals surface area contributed by atoms with Gasteiger partial charge in [0, 0.05) is 13.1 Å². The fraction of sp³-hybridized carbons (Fsp3) is 0.625. The van der Waals surface area contributed by atoms with Gasteiger partial charge in [-0.1, -0.05) is 6.92 Å². The third kappa shape index (κ3) is 3.86. The summed E-state index contributed by atoms with van der Waals surface area (Å²) in [4.78, 5) is 26.1. The largest absolute Gasteiger partial charge is 0.472 e. The minimum atomic E-state index is -0.531. The Balaban J connectivity index is 1.88. The Bertz CT molecular complexity index is 476. The molecule has 0 radical (unpaired) electrons. The summed E-state index contributed by atoms with van der Waals surface area (Å²) in [5.74, 6) is 0.435. The molecule has 1 aliphatic rings. The number of carbonyl (C=O) groups excluding carboxylic acids is 2. The van der Waals surface area contributed by atoms with Crippen LogP contribution in [0, 0.1) is 5.92 Å². The molecule has 1 aliphatic carbocycles. The van der Waals surface area contributed by atoms with E-state index >= 15 is 0 Å². The summed E-state index contributed by atoms with van der Waals surface area (Å²) >= 11 is 0. The lowest BCUT2D eigenvalue weighted by atomic mass is 9.86. The molecule has 1 aromatic rings. The van der Waals surface area contributed by atoms with Crippen LogP contribution in [0.15, 0.2) is 23.0 Å². The van der Waals surface area contributed by atoms with Crippen molar-refractivity contribution in [2.45, 2.75) is 51.6 Å². The van der Waals surface area contributed by atoms with Crippen molar-refractivity contribution < 1.29 is 14.0 Å². The van der Waals surface area contributed by atoms with Crippen molar-refractivity contribution in [2.24, 2.45) is 5.92 Å². The number of rotatable bonds is 4. The SMILES string of the molecule is CC1CCC(N(C)C(=O)C(C)NC(=O)c2ccoc2)CC1. The zero-order valence-corrected chi connectivity index (χ0v) is 13.0. The Morgan fingerprint density at radius 1 is 1.33 bits per heavy atom. The molecular weight excluding hydrogens is 268 g/mol. The van der Waals surface area contributed by atoms with Crippen LogP contribution in [0.3, 0.4) is 0 Å². The van der Waals surface area contributed by atoms with E-state index in [1.807, 2.05) is 7.05 Å². The van der Waals surface area contributed by atoms with E-state index in [0.29, 0.717) is 11.6 Å². The quantitative estimate of drug-likeness (QED) is 0.927. The van der Waals surface area contributed by atoms with Crippen LogP contribution in [0.2, 0.25) is 0 Å². The molecule has 116 valence electrons. The number of hydrogen-bond acceptors (Lipinski definition) is 3. The van der Waals surface area contributed by atoms with Gasteiger partial charge in [-0.15, -0.1) is 0 Å². The fourth-order valence-electron chi connectivity index (χ4n) is 2.85. The van der Waals surface area contributed by atoms with Gasteiger partial charge in [-0.3, -0.25) is 9.59 Å². The number of amides is 2. The molecule has 5 nitrogen and oxygen atoms in total. The molecule has 1 fully saturated rings. The van der Waals surface area contributed by atoms with E-state index in [0.717, 1.165) is 31.6 Å². The second-order valence-corrected chi connectivity index (χ2v) is 6.07. The maximum absolute atomic E-state index is 12.4. The molecule has 1 saturated carbocycles. The third-order valence-electron chi connectivity index (χ3n) is 4.38. The molecule has 1 N–H and O–H groups in total. The van der Waals surface area contributed by atoms with Gasteiger partial charge >= 0.3 is 0 Å². The molecule has 1 atom stereocenters.